The highest BCUT2D eigenvalue weighted by atomic mass is 16.1. The lowest BCUT2D eigenvalue weighted by Crippen LogP contribution is -2.03. The maximum absolute atomic E-state index is 10.8. The topological polar surface area (TPSA) is 59.9 Å². The van der Waals surface area contributed by atoms with Crippen molar-refractivity contribution in [2.24, 2.45) is 0 Å². The van der Waals surface area contributed by atoms with Crippen LogP contribution in [0, 0.1) is 0 Å². The molecule has 4 heteroatoms. The highest BCUT2D eigenvalue weighted by molar-refractivity contribution is 5.96. The molecule has 0 aromatic carbocycles. The summed E-state index contributed by atoms with van der Waals surface area (Å²) in [5.74, 6) is -0.334. The molecule has 12 heavy (non-hydrogen) atoms. The summed E-state index contributed by atoms with van der Waals surface area (Å²) in [6.07, 6.45) is 1.22. The minimum atomic E-state index is -0.167. The number of carbonyl (C=O) groups excluding carboxylic acids is 2. The maximum atomic E-state index is 10.8. The molecule has 1 heterocycles. The van der Waals surface area contributed by atoms with Gasteiger partial charge in [-0.1, -0.05) is 0 Å². The van der Waals surface area contributed by atoms with Crippen molar-refractivity contribution in [2.75, 3.05) is 0 Å². The van der Waals surface area contributed by atoms with Crippen molar-refractivity contribution in [3.8, 4) is 0 Å². The first-order valence-electron chi connectivity index (χ1n) is 3.45. The fraction of sp³-hybridized carbons (Fsp3) is 0.250. The average Bonchev–Trinajstić information content (AvgIpc) is 2.04. The van der Waals surface area contributed by atoms with Gasteiger partial charge < -0.3 is 0 Å². The Hall–Kier alpha value is -1.58. The van der Waals surface area contributed by atoms with Crippen LogP contribution in [0.4, 0.5) is 0 Å². The second kappa shape index (κ2) is 3.21. The van der Waals surface area contributed by atoms with Gasteiger partial charge in [-0.15, -0.1) is 0 Å². The number of hydrogen-bond donors (Lipinski definition) is 0. The molecule has 0 unspecified atom stereocenters. The first kappa shape index (κ1) is 8.52. The van der Waals surface area contributed by atoms with Crippen LogP contribution in [0.3, 0.4) is 0 Å². The highest BCUT2D eigenvalue weighted by Crippen LogP contribution is 1.99. The van der Waals surface area contributed by atoms with E-state index >= 15 is 0 Å². The molecular weight excluding hydrogens is 156 g/mol. The van der Waals surface area contributed by atoms with E-state index in [9.17, 15) is 9.59 Å². The summed E-state index contributed by atoms with van der Waals surface area (Å²) in [6.45, 7) is 2.79. The Kier molecular flexibility index (Phi) is 2.28. The van der Waals surface area contributed by atoms with Gasteiger partial charge in [0.05, 0.1) is 0 Å². The van der Waals surface area contributed by atoms with Crippen LogP contribution in [0.15, 0.2) is 12.4 Å². The first-order valence-corrected chi connectivity index (χ1v) is 3.45. The fourth-order valence-electron chi connectivity index (χ4n) is 0.742. The van der Waals surface area contributed by atoms with Gasteiger partial charge in [-0.05, 0) is 6.07 Å². The number of nitrogens with zero attached hydrogens (tertiary/aromatic N) is 2. The molecule has 0 aliphatic carbocycles. The summed E-state index contributed by atoms with van der Waals surface area (Å²) in [5.41, 5.74) is 0.547. The van der Waals surface area contributed by atoms with Crippen LogP contribution in [-0.4, -0.2) is 21.5 Å². The van der Waals surface area contributed by atoms with Crippen LogP contribution in [0.1, 0.15) is 34.8 Å². The van der Waals surface area contributed by atoms with Crippen LogP contribution < -0.4 is 0 Å². The lowest BCUT2D eigenvalue weighted by atomic mass is 10.2. The van der Waals surface area contributed by atoms with E-state index in [0.717, 1.165) is 0 Å². The number of ketones is 2. The molecule has 0 saturated carbocycles. The second-order valence-electron chi connectivity index (χ2n) is 2.40. The van der Waals surface area contributed by atoms with Crippen molar-refractivity contribution in [2.45, 2.75) is 13.8 Å². The quantitative estimate of drug-likeness (QED) is 0.609. The Morgan fingerprint density at radius 2 is 1.50 bits per heavy atom. The Balaban J connectivity index is 3.12. The van der Waals surface area contributed by atoms with Crippen LogP contribution in [0.25, 0.3) is 0 Å². The molecule has 0 atom stereocenters. The monoisotopic (exact) mass is 164 g/mol. The van der Waals surface area contributed by atoms with Crippen molar-refractivity contribution in [1.82, 2.24) is 9.97 Å². The third-order valence-electron chi connectivity index (χ3n) is 1.39. The van der Waals surface area contributed by atoms with E-state index < -0.39 is 0 Å². The predicted octanol–water partition coefficient (Wildman–Crippen LogP) is 0.882. The SMILES string of the molecule is CC(=O)c1cc(C(C)=O)ncn1. The zero-order chi connectivity index (χ0) is 9.14. The fourth-order valence-corrected chi connectivity index (χ4v) is 0.742. The van der Waals surface area contributed by atoms with E-state index in [4.69, 9.17) is 0 Å². The molecular formula is C8H8N2O2. The summed E-state index contributed by atoms with van der Waals surface area (Å²) in [4.78, 5) is 29.1. The average molecular weight is 164 g/mol. The van der Waals surface area contributed by atoms with E-state index in [1.807, 2.05) is 0 Å². The van der Waals surface area contributed by atoms with Crippen LogP contribution in [0.2, 0.25) is 0 Å². The number of Topliss-reactive ketones (excluding diaryl/α,β-unsaturated/α-hetero) is 2. The third kappa shape index (κ3) is 1.72. The van der Waals surface area contributed by atoms with Crippen LogP contribution in [0.5, 0.6) is 0 Å². The minimum absolute atomic E-state index is 0.167. The van der Waals surface area contributed by atoms with Gasteiger partial charge in [-0.2, -0.15) is 0 Å². The van der Waals surface area contributed by atoms with Crippen LogP contribution >= 0.6 is 0 Å². The minimum Gasteiger partial charge on any atom is -0.293 e. The number of rotatable bonds is 2. The van der Waals surface area contributed by atoms with Crippen molar-refractivity contribution >= 4 is 11.6 Å². The molecule has 0 aliphatic heterocycles. The van der Waals surface area contributed by atoms with E-state index in [0.29, 0.717) is 0 Å². The Bertz CT molecular complexity index is 304. The van der Waals surface area contributed by atoms with Crippen molar-refractivity contribution in [1.29, 1.82) is 0 Å². The molecule has 0 amide bonds. The second-order valence-corrected chi connectivity index (χ2v) is 2.40. The Morgan fingerprint density at radius 1 is 1.08 bits per heavy atom. The largest absolute Gasteiger partial charge is 0.293 e. The zero-order valence-corrected chi connectivity index (χ0v) is 6.87. The van der Waals surface area contributed by atoms with Gasteiger partial charge in [0.25, 0.3) is 0 Å². The van der Waals surface area contributed by atoms with Gasteiger partial charge in [0.1, 0.15) is 17.7 Å². The van der Waals surface area contributed by atoms with Gasteiger partial charge in [0.15, 0.2) is 11.6 Å². The normalized spacial score (nSPS) is 9.50. The molecule has 0 saturated heterocycles. The maximum Gasteiger partial charge on any atom is 0.178 e. The third-order valence-corrected chi connectivity index (χ3v) is 1.39. The summed E-state index contributed by atoms with van der Waals surface area (Å²) in [7, 11) is 0. The zero-order valence-electron chi connectivity index (χ0n) is 6.87. The molecule has 0 spiro atoms. The van der Waals surface area contributed by atoms with Gasteiger partial charge in [0, 0.05) is 13.8 Å². The van der Waals surface area contributed by atoms with E-state index in [2.05, 4.69) is 9.97 Å². The van der Waals surface area contributed by atoms with Gasteiger partial charge in [-0.25, -0.2) is 9.97 Å². The lowest BCUT2D eigenvalue weighted by Gasteiger charge is -1.95. The number of carbonyl (C=O) groups is 2. The smallest absolute Gasteiger partial charge is 0.178 e. The Morgan fingerprint density at radius 3 is 1.83 bits per heavy atom. The summed E-state index contributed by atoms with van der Waals surface area (Å²) in [6, 6.07) is 1.39. The van der Waals surface area contributed by atoms with Gasteiger partial charge in [0.2, 0.25) is 0 Å². The lowest BCUT2D eigenvalue weighted by molar-refractivity contribution is 0.101. The van der Waals surface area contributed by atoms with E-state index in [1.165, 1.54) is 26.2 Å². The molecule has 0 aliphatic rings. The van der Waals surface area contributed by atoms with Gasteiger partial charge in [-0.3, -0.25) is 9.59 Å². The first-order chi connectivity index (χ1) is 5.61. The number of aromatic nitrogens is 2. The Labute approximate surface area is 69.7 Å². The predicted molar refractivity (Wildman–Crippen MR) is 42.0 cm³/mol. The number of hydrogen-bond acceptors (Lipinski definition) is 4. The molecule has 4 nitrogen and oxygen atoms in total. The summed E-state index contributed by atoms with van der Waals surface area (Å²) < 4.78 is 0. The summed E-state index contributed by atoms with van der Waals surface area (Å²) in [5, 5.41) is 0. The molecule has 1 aromatic heterocycles. The molecule has 0 fully saturated rings. The molecule has 0 bridgehead atoms. The highest BCUT2D eigenvalue weighted by Gasteiger charge is 2.05. The van der Waals surface area contributed by atoms with Crippen molar-refractivity contribution in [3.63, 3.8) is 0 Å². The molecule has 1 rings (SSSR count). The molecule has 62 valence electrons. The van der Waals surface area contributed by atoms with E-state index in [-0.39, 0.29) is 23.0 Å². The van der Waals surface area contributed by atoms with Crippen molar-refractivity contribution < 1.29 is 9.59 Å². The standard InChI is InChI=1S/C8H8N2O2/c1-5(11)7-3-8(6(2)12)10-4-9-7/h3-4H,1-2H3. The van der Waals surface area contributed by atoms with E-state index in [1.54, 1.807) is 0 Å². The molecule has 0 N–H and O–H groups in total. The molecule has 1 aromatic rings. The molecule has 0 radical (unpaired) electrons. The van der Waals surface area contributed by atoms with Crippen LogP contribution in [-0.2, 0) is 0 Å². The van der Waals surface area contributed by atoms with Crippen molar-refractivity contribution in [3.05, 3.63) is 23.8 Å². The summed E-state index contributed by atoms with van der Waals surface area (Å²) >= 11 is 0. The van der Waals surface area contributed by atoms with Gasteiger partial charge >= 0.3 is 0 Å².